The van der Waals surface area contributed by atoms with Crippen molar-refractivity contribution in [2.24, 2.45) is 0 Å². The van der Waals surface area contributed by atoms with Crippen molar-refractivity contribution in [3.8, 4) is 50.2 Å². The summed E-state index contributed by atoms with van der Waals surface area (Å²) in [4.78, 5) is 0. The Kier molecular flexibility index (Phi) is 5.06. The fraction of sp³-hybridized carbons (Fsp3) is 0. The molecular formula is C44H27N. The van der Waals surface area contributed by atoms with E-state index in [9.17, 15) is 0 Å². The van der Waals surface area contributed by atoms with Crippen LogP contribution in [0, 0.1) is 0 Å². The van der Waals surface area contributed by atoms with Crippen molar-refractivity contribution >= 4 is 43.4 Å². The number of rotatable bonds is 3. The topological polar surface area (TPSA) is 4.93 Å². The third-order valence-corrected chi connectivity index (χ3v) is 9.74. The highest BCUT2D eigenvalue weighted by atomic mass is 15.0. The van der Waals surface area contributed by atoms with Crippen molar-refractivity contribution in [1.82, 2.24) is 4.57 Å². The van der Waals surface area contributed by atoms with Gasteiger partial charge in [-0.1, -0.05) is 127 Å². The zero-order valence-corrected chi connectivity index (χ0v) is 24.5. The Morgan fingerprint density at radius 3 is 1.84 bits per heavy atom. The van der Waals surface area contributed by atoms with Crippen LogP contribution < -0.4 is 0 Å². The second kappa shape index (κ2) is 9.29. The van der Waals surface area contributed by atoms with Crippen LogP contribution in [-0.4, -0.2) is 4.57 Å². The number of para-hydroxylation sites is 2. The number of aromatic nitrogens is 1. The van der Waals surface area contributed by atoms with Gasteiger partial charge in [0.1, 0.15) is 0 Å². The first-order valence-electron chi connectivity index (χ1n) is 15.6. The van der Waals surface area contributed by atoms with E-state index in [0.717, 1.165) is 0 Å². The van der Waals surface area contributed by atoms with Gasteiger partial charge in [-0.25, -0.2) is 0 Å². The van der Waals surface area contributed by atoms with E-state index in [1.54, 1.807) is 0 Å². The molecule has 0 unspecified atom stereocenters. The molecule has 0 spiro atoms. The lowest BCUT2D eigenvalue weighted by Gasteiger charge is -2.11. The molecule has 8 aromatic carbocycles. The highest BCUT2D eigenvalue weighted by Crippen LogP contribution is 2.51. The Morgan fingerprint density at radius 1 is 0.311 bits per heavy atom. The molecular weight excluding hydrogens is 542 g/mol. The molecule has 0 radical (unpaired) electrons. The molecule has 10 rings (SSSR count). The van der Waals surface area contributed by atoms with Crippen molar-refractivity contribution in [3.63, 3.8) is 0 Å². The first kappa shape index (κ1) is 24.5. The van der Waals surface area contributed by atoms with Crippen LogP contribution in [0.4, 0.5) is 0 Å². The van der Waals surface area contributed by atoms with E-state index < -0.39 is 0 Å². The minimum Gasteiger partial charge on any atom is -0.309 e. The molecule has 0 atom stereocenters. The Balaban J connectivity index is 1.16. The summed E-state index contributed by atoms with van der Waals surface area (Å²) in [5, 5.41) is 7.77. The average Bonchev–Trinajstić information content (AvgIpc) is 3.61. The first-order valence-corrected chi connectivity index (χ1v) is 15.6. The SMILES string of the molecule is c1ccc(-n2c3ccccc3c3cc(-c4ccc5c6c(cccc46)-c4cc(-c6cccc7ccccc67)ccc4-5)ccc32)cc1. The minimum absolute atomic E-state index is 1.18. The molecule has 0 aliphatic heterocycles. The maximum absolute atomic E-state index is 2.40. The summed E-state index contributed by atoms with van der Waals surface area (Å²) < 4.78 is 2.38. The lowest BCUT2D eigenvalue weighted by Crippen LogP contribution is -1.92. The van der Waals surface area contributed by atoms with Gasteiger partial charge in [0.15, 0.2) is 0 Å². The molecule has 0 bridgehead atoms. The first-order chi connectivity index (χ1) is 22.3. The van der Waals surface area contributed by atoms with E-state index in [1.165, 1.54) is 93.5 Å². The molecule has 1 heterocycles. The summed E-state index contributed by atoms with van der Waals surface area (Å²) in [5.41, 5.74) is 14.0. The van der Waals surface area contributed by atoms with Gasteiger partial charge in [0.05, 0.1) is 11.0 Å². The van der Waals surface area contributed by atoms with Gasteiger partial charge in [0, 0.05) is 16.5 Å². The molecule has 1 nitrogen and oxygen atoms in total. The number of benzene rings is 8. The number of nitrogens with zero attached hydrogens (tertiary/aromatic N) is 1. The lowest BCUT2D eigenvalue weighted by molar-refractivity contribution is 1.18. The van der Waals surface area contributed by atoms with Crippen molar-refractivity contribution in [3.05, 3.63) is 164 Å². The normalized spacial score (nSPS) is 12.0. The Bertz CT molecular complexity index is 2630. The van der Waals surface area contributed by atoms with E-state index in [0.29, 0.717) is 0 Å². The van der Waals surface area contributed by atoms with Crippen LogP contribution in [0.5, 0.6) is 0 Å². The number of fused-ring (bicyclic) bond motifs is 7. The molecule has 0 fully saturated rings. The predicted molar refractivity (Wildman–Crippen MR) is 191 cm³/mol. The molecule has 208 valence electrons. The van der Waals surface area contributed by atoms with Gasteiger partial charge in [-0.05, 0) is 102 Å². The van der Waals surface area contributed by atoms with Gasteiger partial charge in [0.25, 0.3) is 0 Å². The van der Waals surface area contributed by atoms with Crippen molar-refractivity contribution in [2.45, 2.75) is 0 Å². The van der Waals surface area contributed by atoms with E-state index in [4.69, 9.17) is 0 Å². The van der Waals surface area contributed by atoms with Crippen LogP contribution in [0.2, 0.25) is 0 Å². The third kappa shape index (κ3) is 3.50. The van der Waals surface area contributed by atoms with Gasteiger partial charge in [-0.15, -0.1) is 0 Å². The smallest absolute Gasteiger partial charge is 0.0541 e. The van der Waals surface area contributed by atoms with Gasteiger partial charge in [-0.3, -0.25) is 0 Å². The van der Waals surface area contributed by atoms with Gasteiger partial charge in [-0.2, -0.15) is 0 Å². The summed E-state index contributed by atoms with van der Waals surface area (Å²) in [7, 11) is 0. The van der Waals surface area contributed by atoms with Crippen LogP contribution in [0.25, 0.3) is 93.5 Å². The molecule has 0 N–H and O–H groups in total. The fourth-order valence-corrected chi connectivity index (χ4v) is 7.75. The molecule has 1 heteroatoms. The number of hydrogen-bond acceptors (Lipinski definition) is 0. The summed E-state index contributed by atoms with van der Waals surface area (Å²) >= 11 is 0. The lowest BCUT2D eigenvalue weighted by atomic mass is 9.93. The second-order valence-electron chi connectivity index (χ2n) is 12.1. The van der Waals surface area contributed by atoms with E-state index >= 15 is 0 Å². The van der Waals surface area contributed by atoms with Gasteiger partial charge >= 0.3 is 0 Å². The predicted octanol–water partition coefficient (Wildman–Crippen LogP) is 12.1. The summed E-state index contributed by atoms with van der Waals surface area (Å²) in [6.45, 7) is 0. The van der Waals surface area contributed by atoms with Crippen LogP contribution >= 0.6 is 0 Å². The van der Waals surface area contributed by atoms with Gasteiger partial charge < -0.3 is 4.57 Å². The fourth-order valence-electron chi connectivity index (χ4n) is 7.75. The summed E-state index contributed by atoms with van der Waals surface area (Å²) in [5.74, 6) is 0. The Morgan fingerprint density at radius 2 is 0.911 bits per heavy atom. The van der Waals surface area contributed by atoms with E-state index in [-0.39, 0.29) is 0 Å². The molecule has 1 aromatic heterocycles. The Labute approximate surface area is 261 Å². The maximum atomic E-state index is 2.40. The summed E-state index contributed by atoms with van der Waals surface area (Å²) in [6, 6.07) is 60.2. The highest BCUT2D eigenvalue weighted by Gasteiger charge is 2.24. The van der Waals surface area contributed by atoms with Crippen molar-refractivity contribution in [1.29, 1.82) is 0 Å². The van der Waals surface area contributed by atoms with E-state index in [2.05, 4.69) is 168 Å². The third-order valence-electron chi connectivity index (χ3n) is 9.74. The van der Waals surface area contributed by atoms with E-state index in [1.807, 2.05) is 0 Å². The molecule has 0 saturated carbocycles. The second-order valence-corrected chi connectivity index (χ2v) is 12.1. The van der Waals surface area contributed by atoms with Crippen LogP contribution in [0.3, 0.4) is 0 Å². The van der Waals surface area contributed by atoms with Crippen LogP contribution in [-0.2, 0) is 0 Å². The maximum Gasteiger partial charge on any atom is 0.0541 e. The zero-order valence-electron chi connectivity index (χ0n) is 24.5. The Hall–Kier alpha value is -5.92. The highest BCUT2D eigenvalue weighted by molar-refractivity contribution is 6.20. The van der Waals surface area contributed by atoms with Crippen molar-refractivity contribution < 1.29 is 0 Å². The molecule has 0 saturated heterocycles. The monoisotopic (exact) mass is 569 g/mol. The molecule has 1 aliphatic carbocycles. The minimum atomic E-state index is 1.18. The molecule has 9 aromatic rings. The standard InChI is InChI=1S/C44H27N/c1-2-12-31(13-3-1)45-42-19-7-6-15-36(42)41-27-30(21-25-43(41)45)34-23-24-39-35-22-20-29(26-40(35)38-18-9-17-37(34)44(38)39)33-16-8-11-28-10-4-5-14-32(28)33/h1-27H. The molecule has 45 heavy (non-hydrogen) atoms. The molecule has 1 aliphatic rings. The van der Waals surface area contributed by atoms with Crippen LogP contribution in [0.15, 0.2) is 164 Å². The largest absolute Gasteiger partial charge is 0.309 e. The van der Waals surface area contributed by atoms with Crippen LogP contribution in [0.1, 0.15) is 0 Å². The summed E-state index contributed by atoms with van der Waals surface area (Å²) in [6.07, 6.45) is 0. The zero-order chi connectivity index (χ0) is 29.5. The molecule has 0 amide bonds. The average molecular weight is 570 g/mol. The van der Waals surface area contributed by atoms with Crippen molar-refractivity contribution in [2.75, 3.05) is 0 Å². The number of hydrogen-bond donors (Lipinski definition) is 0. The van der Waals surface area contributed by atoms with Gasteiger partial charge in [0.2, 0.25) is 0 Å². The quantitative estimate of drug-likeness (QED) is 0.199.